The lowest BCUT2D eigenvalue weighted by Gasteiger charge is -2.25. The van der Waals surface area contributed by atoms with E-state index in [9.17, 15) is 4.79 Å². The first-order chi connectivity index (χ1) is 18.2. The summed E-state index contributed by atoms with van der Waals surface area (Å²) in [5.41, 5.74) is 8.26. The number of ether oxygens (including phenoxy) is 1. The predicted molar refractivity (Wildman–Crippen MR) is 144 cm³/mol. The first-order valence-electron chi connectivity index (χ1n) is 13.5. The summed E-state index contributed by atoms with van der Waals surface area (Å²) in [6, 6.07) is 15.5. The van der Waals surface area contributed by atoms with E-state index in [1.165, 1.54) is 61.9 Å². The van der Waals surface area contributed by atoms with Crippen LogP contribution in [-0.2, 0) is 12.8 Å². The van der Waals surface area contributed by atoms with E-state index < -0.39 is 0 Å². The Kier molecular flexibility index (Phi) is 5.65. The lowest BCUT2D eigenvalue weighted by molar-refractivity contribution is 0.0957. The Morgan fingerprint density at radius 2 is 1.76 bits per heavy atom. The van der Waals surface area contributed by atoms with Gasteiger partial charge in [0.05, 0.1) is 12.1 Å². The number of aryl methyl sites for hydroxylation is 2. The summed E-state index contributed by atoms with van der Waals surface area (Å²) < 4.78 is 5.83. The monoisotopic (exact) mass is 493 g/mol. The van der Waals surface area contributed by atoms with E-state index in [-0.39, 0.29) is 5.91 Å². The van der Waals surface area contributed by atoms with Crippen molar-refractivity contribution in [2.75, 3.05) is 26.2 Å². The molecular weight excluding hydrogens is 462 g/mol. The average Bonchev–Trinajstić information content (AvgIpc) is 3.52. The minimum absolute atomic E-state index is 0.107. The summed E-state index contributed by atoms with van der Waals surface area (Å²) >= 11 is 0. The smallest absolute Gasteiger partial charge is 0.255 e. The summed E-state index contributed by atoms with van der Waals surface area (Å²) in [5, 5.41) is 11.5. The zero-order chi connectivity index (χ0) is 24.8. The Morgan fingerprint density at radius 3 is 2.65 bits per heavy atom. The number of nitrogens with one attached hydrogen (secondary N) is 2. The van der Waals surface area contributed by atoms with Crippen molar-refractivity contribution in [3.8, 4) is 28.1 Å². The molecule has 4 heterocycles. The number of aromatic nitrogens is 3. The third-order valence-corrected chi connectivity index (χ3v) is 8.25. The largest absolute Gasteiger partial charge is 0.491 e. The van der Waals surface area contributed by atoms with Gasteiger partial charge in [0.25, 0.3) is 5.91 Å². The van der Waals surface area contributed by atoms with E-state index in [4.69, 9.17) is 9.72 Å². The highest BCUT2D eigenvalue weighted by Gasteiger charge is 2.25. The summed E-state index contributed by atoms with van der Waals surface area (Å²) in [5.74, 6) is 0.482. The summed E-state index contributed by atoms with van der Waals surface area (Å²) in [7, 11) is 0. The van der Waals surface area contributed by atoms with Gasteiger partial charge in [0.15, 0.2) is 5.65 Å². The van der Waals surface area contributed by atoms with Gasteiger partial charge >= 0.3 is 0 Å². The van der Waals surface area contributed by atoms with Gasteiger partial charge in [-0.05, 0) is 86.5 Å². The molecule has 1 aliphatic carbocycles. The van der Waals surface area contributed by atoms with Gasteiger partial charge in [-0.2, -0.15) is 5.10 Å². The number of fused-ring (bicyclic) bond motifs is 3. The maximum absolute atomic E-state index is 12.3. The molecule has 2 aromatic carbocycles. The fourth-order valence-electron chi connectivity index (χ4n) is 6.22. The number of carbonyl (C=O) groups is 1. The molecule has 188 valence electrons. The molecule has 1 unspecified atom stereocenters. The zero-order valence-corrected chi connectivity index (χ0v) is 20.9. The molecule has 2 aromatic heterocycles. The van der Waals surface area contributed by atoms with Gasteiger partial charge in [-0.3, -0.25) is 9.89 Å². The SMILES string of the molecule is O=C1NCCOc2cc(-c3n[nH]c4ncc(-c5ccc6c(c5)CCC(N5CCCC5)CC6)cc34)ccc21. The minimum atomic E-state index is -0.107. The van der Waals surface area contributed by atoms with E-state index in [1.54, 1.807) is 0 Å². The molecular formula is C30H31N5O2. The van der Waals surface area contributed by atoms with Crippen molar-refractivity contribution in [1.82, 2.24) is 25.4 Å². The molecule has 0 saturated carbocycles. The van der Waals surface area contributed by atoms with Crippen molar-refractivity contribution < 1.29 is 9.53 Å². The topological polar surface area (TPSA) is 83.1 Å². The number of amides is 1. The highest BCUT2D eigenvalue weighted by Crippen LogP contribution is 2.34. The molecule has 3 aliphatic rings. The highest BCUT2D eigenvalue weighted by atomic mass is 16.5. The van der Waals surface area contributed by atoms with Crippen LogP contribution in [0.4, 0.5) is 0 Å². The van der Waals surface area contributed by atoms with Gasteiger partial charge in [0, 0.05) is 28.8 Å². The second-order valence-electron chi connectivity index (χ2n) is 10.5. The van der Waals surface area contributed by atoms with Crippen LogP contribution < -0.4 is 10.1 Å². The molecule has 0 bridgehead atoms. The second kappa shape index (κ2) is 9.30. The van der Waals surface area contributed by atoms with Crippen molar-refractivity contribution >= 4 is 16.9 Å². The Balaban J connectivity index is 1.20. The maximum Gasteiger partial charge on any atom is 0.255 e. The molecule has 1 fully saturated rings. The molecule has 37 heavy (non-hydrogen) atoms. The zero-order valence-electron chi connectivity index (χ0n) is 20.9. The molecule has 4 aromatic rings. The molecule has 0 spiro atoms. The van der Waals surface area contributed by atoms with Crippen LogP contribution in [0, 0.1) is 0 Å². The molecule has 7 rings (SSSR count). The van der Waals surface area contributed by atoms with E-state index in [0.29, 0.717) is 24.5 Å². The van der Waals surface area contributed by atoms with Crippen LogP contribution in [0.15, 0.2) is 48.7 Å². The summed E-state index contributed by atoms with van der Waals surface area (Å²) in [6.07, 6.45) is 9.46. The van der Waals surface area contributed by atoms with Crippen LogP contribution in [0.3, 0.4) is 0 Å². The fraction of sp³-hybridized carbons (Fsp3) is 0.367. The van der Waals surface area contributed by atoms with Crippen LogP contribution in [-0.4, -0.2) is 58.3 Å². The number of hydrogen-bond acceptors (Lipinski definition) is 5. The van der Waals surface area contributed by atoms with Crippen molar-refractivity contribution in [2.45, 2.75) is 44.6 Å². The number of rotatable bonds is 3. The van der Waals surface area contributed by atoms with E-state index in [0.717, 1.165) is 40.3 Å². The van der Waals surface area contributed by atoms with Crippen LogP contribution in [0.5, 0.6) is 5.75 Å². The number of H-pyrrole nitrogens is 1. The van der Waals surface area contributed by atoms with Crippen LogP contribution >= 0.6 is 0 Å². The van der Waals surface area contributed by atoms with Gasteiger partial charge in [0.1, 0.15) is 18.1 Å². The Bertz CT molecular complexity index is 1490. The molecule has 7 nitrogen and oxygen atoms in total. The first kappa shape index (κ1) is 22.5. The van der Waals surface area contributed by atoms with E-state index in [1.807, 2.05) is 24.4 Å². The molecule has 1 saturated heterocycles. The number of likely N-dealkylation sites (tertiary alicyclic amines) is 1. The van der Waals surface area contributed by atoms with Crippen molar-refractivity contribution in [3.05, 3.63) is 65.4 Å². The minimum Gasteiger partial charge on any atom is -0.491 e. The maximum atomic E-state index is 12.3. The lowest BCUT2D eigenvalue weighted by atomic mass is 9.96. The van der Waals surface area contributed by atoms with Crippen LogP contribution in [0.25, 0.3) is 33.4 Å². The molecule has 1 amide bonds. The van der Waals surface area contributed by atoms with Crippen molar-refractivity contribution in [3.63, 3.8) is 0 Å². The van der Waals surface area contributed by atoms with E-state index >= 15 is 0 Å². The Morgan fingerprint density at radius 1 is 0.919 bits per heavy atom. The van der Waals surface area contributed by atoms with Crippen LogP contribution in [0.1, 0.15) is 47.2 Å². The van der Waals surface area contributed by atoms with E-state index in [2.05, 4.69) is 44.7 Å². The molecule has 2 N–H and O–H groups in total. The molecule has 2 aliphatic heterocycles. The molecule has 0 radical (unpaired) electrons. The van der Waals surface area contributed by atoms with Gasteiger partial charge < -0.3 is 15.0 Å². The summed E-state index contributed by atoms with van der Waals surface area (Å²) in [6.45, 7) is 3.50. The average molecular weight is 494 g/mol. The van der Waals surface area contributed by atoms with Gasteiger partial charge in [-0.15, -0.1) is 0 Å². The Hall–Kier alpha value is -3.71. The predicted octanol–water partition coefficient (Wildman–Crippen LogP) is 4.76. The number of pyridine rings is 1. The van der Waals surface area contributed by atoms with Crippen molar-refractivity contribution in [1.29, 1.82) is 0 Å². The lowest BCUT2D eigenvalue weighted by Crippen LogP contribution is -2.32. The number of benzene rings is 2. The first-order valence-corrected chi connectivity index (χ1v) is 13.5. The van der Waals surface area contributed by atoms with Crippen LogP contribution in [0.2, 0.25) is 0 Å². The molecule has 1 atom stereocenters. The number of nitrogens with zero attached hydrogens (tertiary/aromatic N) is 3. The highest BCUT2D eigenvalue weighted by molar-refractivity contribution is 5.99. The molecule has 7 heteroatoms. The number of carbonyl (C=O) groups excluding carboxylic acids is 1. The number of hydrogen-bond donors (Lipinski definition) is 2. The third kappa shape index (κ3) is 4.17. The van der Waals surface area contributed by atoms with Gasteiger partial charge in [0.2, 0.25) is 0 Å². The fourth-order valence-corrected chi connectivity index (χ4v) is 6.22. The number of aromatic amines is 1. The Labute approximate surface area is 216 Å². The second-order valence-corrected chi connectivity index (χ2v) is 10.5. The van der Waals surface area contributed by atoms with Gasteiger partial charge in [-0.25, -0.2) is 4.98 Å². The van der Waals surface area contributed by atoms with Gasteiger partial charge in [-0.1, -0.05) is 24.3 Å². The normalized spacial score (nSPS) is 20.0. The standard InChI is InChI=1S/C30H31N5O2/c36-30-25-10-7-22(17-27(25)37-14-11-31-30)28-26-16-23(18-32-29(26)34-33-28)21-4-3-19-5-8-24(9-6-20(19)15-21)35-12-1-2-13-35/h3-4,7,10,15-18,24H,1-2,5-6,8-9,11-14H2,(H,31,36)(H,32,33,34). The quantitative estimate of drug-likeness (QED) is 0.402. The van der Waals surface area contributed by atoms with Crippen molar-refractivity contribution in [2.24, 2.45) is 0 Å². The summed E-state index contributed by atoms with van der Waals surface area (Å²) in [4.78, 5) is 19.7. The third-order valence-electron chi connectivity index (χ3n) is 8.25.